The largest absolute Gasteiger partial charge is 0.361 e. The monoisotopic (exact) mass is 259 g/mol. The van der Waals surface area contributed by atoms with Crippen molar-refractivity contribution in [3.63, 3.8) is 0 Å². The number of rotatable bonds is 4. The van der Waals surface area contributed by atoms with Gasteiger partial charge in [-0.05, 0) is 38.1 Å². The van der Waals surface area contributed by atoms with Crippen molar-refractivity contribution in [2.75, 3.05) is 6.54 Å². The summed E-state index contributed by atoms with van der Waals surface area (Å²) >= 11 is 0. The van der Waals surface area contributed by atoms with Crippen LogP contribution in [0.1, 0.15) is 24.2 Å². The number of amides is 2. The fourth-order valence-electron chi connectivity index (χ4n) is 1.87. The van der Waals surface area contributed by atoms with Crippen molar-refractivity contribution in [2.45, 2.75) is 19.9 Å². The summed E-state index contributed by atoms with van der Waals surface area (Å²) in [4.78, 5) is 26.6. The first-order valence-corrected chi connectivity index (χ1v) is 6.27. The summed E-state index contributed by atoms with van der Waals surface area (Å²) in [5.74, 6) is -0.430. The van der Waals surface area contributed by atoms with E-state index in [4.69, 9.17) is 0 Å². The van der Waals surface area contributed by atoms with Gasteiger partial charge in [0.15, 0.2) is 0 Å². The molecular formula is C14H17N3O2. The van der Waals surface area contributed by atoms with Crippen molar-refractivity contribution >= 4 is 22.7 Å². The van der Waals surface area contributed by atoms with E-state index in [0.29, 0.717) is 12.1 Å². The van der Waals surface area contributed by atoms with Gasteiger partial charge in [-0.2, -0.15) is 0 Å². The Morgan fingerprint density at radius 3 is 2.84 bits per heavy atom. The number of fused-ring (bicyclic) bond motifs is 1. The lowest BCUT2D eigenvalue weighted by Gasteiger charge is -2.13. The van der Waals surface area contributed by atoms with Crippen LogP contribution in [0.3, 0.4) is 0 Å². The van der Waals surface area contributed by atoms with Gasteiger partial charge < -0.3 is 15.6 Å². The van der Waals surface area contributed by atoms with Gasteiger partial charge >= 0.3 is 0 Å². The summed E-state index contributed by atoms with van der Waals surface area (Å²) in [6, 6.07) is 6.74. The first-order valence-electron chi connectivity index (χ1n) is 6.27. The van der Waals surface area contributed by atoms with E-state index < -0.39 is 6.04 Å². The van der Waals surface area contributed by atoms with Crippen molar-refractivity contribution in [1.29, 1.82) is 0 Å². The molecule has 100 valence electrons. The van der Waals surface area contributed by atoms with Crippen molar-refractivity contribution in [3.05, 3.63) is 36.0 Å². The molecule has 19 heavy (non-hydrogen) atoms. The molecule has 5 heteroatoms. The van der Waals surface area contributed by atoms with Gasteiger partial charge in [0, 0.05) is 29.2 Å². The minimum atomic E-state index is -0.547. The predicted octanol–water partition coefficient (Wildman–Crippen LogP) is 1.42. The van der Waals surface area contributed by atoms with E-state index in [1.54, 1.807) is 19.1 Å². The van der Waals surface area contributed by atoms with Gasteiger partial charge in [0.25, 0.3) is 5.91 Å². The van der Waals surface area contributed by atoms with Gasteiger partial charge in [0.05, 0.1) is 0 Å². The van der Waals surface area contributed by atoms with Gasteiger partial charge in [0.1, 0.15) is 6.04 Å². The second-order valence-corrected chi connectivity index (χ2v) is 4.37. The van der Waals surface area contributed by atoms with Crippen LogP contribution in [-0.2, 0) is 4.79 Å². The van der Waals surface area contributed by atoms with Gasteiger partial charge in [-0.15, -0.1) is 0 Å². The molecule has 0 saturated heterocycles. The molecular weight excluding hydrogens is 242 g/mol. The fourth-order valence-corrected chi connectivity index (χ4v) is 1.87. The van der Waals surface area contributed by atoms with Crippen LogP contribution < -0.4 is 10.6 Å². The highest BCUT2D eigenvalue weighted by Crippen LogP contribution is 2.14. The van der Waals surface area contributed by atoms with Crippen LogP contribution in [0, 0.1) is 0 Å². The van der Waals surface area contributed by atoms with Crippen LogP contribution in [0.25, 0.3) is 10.9 Å². The molecule has 0 aliphatic carbocycles. The summed E-state index contributed by atoms with van der Waals surface area (Å²) < 4.78 is 0. The summed E-state index contributed by atoms with van der Waals surface area (Å²) in [5.41, 5.74) is 1.52. The molecule has 0 aliphatic heterocycles. The Morgan fingerprint density at radius 1 is 1.32 bits per heavy atom. The van der Waals surface area contributed by atoms with Crippen molar-refractivity contribution in [1.82, 2.24) is 15.6 Å². The highest BCUT2D eigenvalue weighted by atomic mass is 16.2. The number of H-pyrrole nitrogens is 1. The zero-order valence-electron chi connectivity index (χ0n) is 11.0. The van der Waals surface area contributed by atoms with Crippen LogP contribution in [0.2, 0.25) is 0 Å². The van der Waals surface area contributed by atoms with Crippen molar-refractivity contribution in [2.24, 2.45) is 0 Å². The van der Waals surface area contributed by atoms with Crippen molar-refractivity contribution < 1.29 is 9.59 Å². The quantitative estimate of drug-likeness (QED) is 0.777. The smallest absolute Gasteiger partial charge is 0.251 e. The summed E-state index contributed by atoms with van der Waals surface area (Å²) in [6.45, 7) is 4.05. The van der Waals surface area contributed by atoms with E-state index in [1.165, 1.54) is 0 Å². The average molecular weight is 259 g/mol. The van der Waals surface area contributed by atoms with Crippen LogP contribution in [0.15, 0.2) is 30.5 Å². The molecule has 1 aromatic heterocycles. The van der Waals surface area contributed by atoms with E-state index in [9.17, 15) is 9.59 Å². The molecule has 2 aromatic rings. The maximum absolute atomic E-state index is 12.0. The molecule has 0 bridgehead atoms. The van der Waals surface area contributed by atoms with Crippen LogP contribution in [0.5, 0.6) is 0 Å². The number of carbonyl (C=O) groups is 2. The molecule has 1 unspecified atom stereocenters. The van der Waals surface area contributed by atoms with Gasteiger partial charge in [-0.25, -0.2) is 0 Å². The van der Waals surface area contributed by atoms with Crippen LogP contribution >= 0.6 is 0 Å². The zero-order chi connectivity index (χ0) is 13.8. The molecule has 2 amide bonds. The number of hydrogen-bond donors (Lipinski definition) is 3. The molecule has 0 fully saturated rings. The third-order valence-electron chi connectivity index (χ3n) is 2.91. The highest BCUT2D eigenvalue weighted by molar-refractivity contribution is 6.00. The SMILES string of the molecule is CCNC(=O)C(C)NC(=O)c1ccc2[nH]ccc2c1. The summed E-state index contributed by atoms with van der Waals surface area (Å²) in [5, 5.41) is 6.32. The molecule has 3 N–H and O–H groups in total. The first-order chi connectivity index (χ1) is 9.11. The van der Waals surface area contributed by atoms with Crippen molar-refractivity contribution in [3.8, 4) is 0 Å². The minimum Gasteiger partial charge on any atom is -0.361 e. The molecule has 0 spiro atoms. The second-order valence-electron chi connectivity index (χ2n) is 4.37. The Bertz CT molecular complexity index is 604. The third-order valence-corrected chi connectivity index (χ3v) is 2.91. The Balaban J connectivity index is 2.08. The molecule has 2 rings (SSSR count). The standard InChI is InChI=1S/C14H17N3O2/c1-3-15-13(18)9(2)17-14(19)11-4-5-12-10(8-11)6-7-16-12/h4-9,16H,3H2,1-2H3,(H,15,18)(H,17,19). The summed E-state index contributed by atoms with van der Waals surface area (Å²) in [7, 11) is 0. The number of nitrogens with one attached hydrogen (secondary N) is 3. The molecule has 5 nitrogen and oxygen atoms in total. The third kappa shape index (κ3) is 2.93. The number of benzene rings is 1. The topological polar surface area (TPSA) is 74.0 Å². The Kier molecular flexibility index (Phi) is 3.85. The Hall–Kier alpha value is -2.30. The van der Waals surface area contributed by atoms with Crippen LogP contribution in [-0.4, -0.2) is 29.4 Å². The molecule has 1 atom stereocenters. The lowest BCUT2D eigenvalue weighted by molar-refractivity contribution is -0.122. The van der Waals surface area contributed by atoms with E-state index in [0.717, 1.165) is 10.9 Å². The molecule has 1 aromatic carbocycles. The van der Waals surface area contributed by atoms with E-state index in [-0.39, 0.29) is 11.8 Å². The number of aromatic amines is 1. The number of carbonyl (C=O) groups excluding carboxylic acids is 2. The Labute approximate surface area is 111 Å². The molecule has 0 saturated carbocycles. The fraction of sp³-hybridized carbons (Fsp3) is 0.286. The zero-order valence-corrected chi connectivity index (χ0v) is 11.0. The lowest BCUT2D eigenvalue weighted by atomic mass is 10.1. The number of aromatic nitrogens is 1. The van der Waals surface area contributed by atoms with Gasteiger partial charge in [-0.1, -0.05) is 0 Å². The lowest BCUT2D eigenvalue weighted by Crippen LogP contribution is -2.44. The average Bonchev–Trinajstić information content (AvgIpc) is 2.85. The number of hydrogen-bond acceptors (Lipinski definition) is 2. The first kappa shape index (κ1) is 13.1. The normalized spacial score (nSPS) is 12.1. The van der Waals surface area contributed by atoms with E-state index in [2.05, 4.69) is 15.6 Å². The molecule has 0 radical (unpaired) electrons. The van der Waals surface area contributed by atoms with Crippen LogP contribution in [0.4, 0.5) is 0 Å². The van der Waals surface area contributed by atoms with Gasteiger partial charge in [-0.3, -0.25) is 9.59 Å². The maximum atomic E-state index is 12.0. The number of likely N-dealkylation sites (N-methyl/N-ethyl adjacent to an activating group) is 1. The minimum absolute atomic E-state index is 0.182. The van der Waals surface area contributed by atoms with E-state index >= 15 is 0 Å². The Morgan fingerprint density at radius 2 is 2.11 bits per heavy atom. The molecule has 0 aliphatic rings. The molecule has 1 heterocycles. The predicted molar refractivity (Wildman–Crippen MR) is 73.9 cm³/mol. The van der Waals surface area contributed by atoms with Gasteiger partial charge in [0.2, 0.25) is 5.91 Å². The van der Waals surface area contributed by atoms with E-state index in [1.807, 2.05) is 25.3 Å². The second kappa shape index (κ2) is 5.56. The maximum Gasteiger partial charge on any atom is 0.251 e. The summed E-state index contributed by atoms with van der Waals surface area (Å²) in [6.07, 6.45) is 1.82. The highest BCUT2D eigenvalue weighted by Gasteiger charge is 2.15.